The molecule has 1 unspecified atom stereocenters. The molecule has 0 spiro atoms. The first-order valence-corrected chi connectivity index (χ1v) is 8.82. The molecule has 2 aliphatic rings. The number of nitrogens with zero attached hydrogens (tertiary/aromatic N) is 1. The molecule has 1 N–H and O–H groups in total. The molecule has 3 rings (SSSR count). The predicted octanol–water partition coefficient (Wildman–Crippen LogP) is 1.68. The van der Waals surface area contributed by atoms with E-state index in [4.69, 9.17) is 4.74 Å². The number of benzene rings is 1. The van der Waals surface area contributed by atoms with Crippen LogP contribution in [0.15, 0.2) is 18.2 Å². The first-order valence-electron chi connectivity index (χ1n) is 8.82. The largest absolute Gasteiger partial charge is 0.383 e. The molecule has 5 heteroatoms. The molecule has 24 heavy (non-hydrogen) atoms. The lowest BCUT2D eigenvalue weighted by Gasteiger charge is -2.17. The van der Waals surface area contributed by atoms with E-state index in [1.54, 1.807) is 12.0 Å². The molecule has 1 saturated heterocycles. The van der Waals surface area contributed by atoms with Gasteiger partial charge in [0.25, 0.3) is 0 Å². The fourth-order valence-electron chi connectivity index (χ4n) is 3.60. The van der Waals surface area contributed by atoms with E-state index in [0.29, 0.717) is 32.7 Å². The Labute approximate surface area is 143 Å². The van der Waals surface area contributed by atoms with Crippen molar-refractivity contribution in [3.05, 3.63) is 34.9 Å². The van der Waals surface area contributed by atoms with E-state index in [1.807, 2.05) is 0 Å². The quantitative estimate of drug-likeness (QED) is 0.863. The van der Waals surface area contributed by atoms with Gasteiger partial charge in [0, 0.05) is 33.2 Å². The lowest BCUT2D eigenvalue weighted by atomic mass is 9.90. The minimum atomic E-state index is -0.244. The van der Waals surface area contributed by atoms with Gasteiger partial charge in [-0.3, -0.25) is 9.59 Å². The molecule has 0 radical (unpaired) electrons. The molecule has 1 fully saturated rings. The van der Waals surface area contributed by atoms with Crippen LogP contribution in [-0.4, -0.2) is 43.5 Å². The maximum atomic E-state index is 12.4. The number of rotatable bonds is 6. The standard InChI is InChI=1S/C19H26N2O3/c1-24-9-8-21-13-17(11-18(21)22)19(23)20-12-14-6-7-15-4-2-3-5-16(15)10-14/h6-7,10,17H,2-5,8-9,11-13H2,1H3,(H,20,23). The molecule has 1 aromatic rings. The highest BCUT2D eigenvalue weighted by molar-refractivity contribution is 5.89. The number of ether oxygens (including phenoxy) is 1. The van der Waals surface area contributed by atoms with Gasteiger partial charge in [0.05, 0.1) is 12.5 Å². The highest BCUT2D eigenvalue weighted by Gasteiger charge is 2.33. The third-order valence-electron chi connectivity index (χ3n) is 5.03. The van der Waals surface area contributed by atoms with E-state index < -0.39 is 0 Å². The summed E-state index contributed by atoms with van der Waals surface area (Å²) in [5.41, 5.74) is 4.02. The molecule has 0 aromatic heterocycles. The van der Waals surface area contributed by atoms with Crippen molar-refractivity contribution in [1.29, 1.82) is 0 Å². The van der Waals surface area contributed by atoms with Crippen LogP contribution in [0.2, 0.25) is 0 Å². The van der Waals surface area contributed by atoms with Crippen molar-refractivity contribution in [3.63, 3.8) is 0 Å². The van der Waals surface area contributed by atoms with E-state index >= 15 is 0 Å². The molecule has 2 amide bonds. The van der Waals surface area contributed by atoms with Crippen molar-refractivity contribution in [3.8, 4) is 0 Å². The number of amides is 2. The number of aryl methyl sites for hydroxylation is 2. The number of carbonyl (C=O) groups is 2. The van der Waals surface area contributed by atoms with Crippen LogP contribution in [0, 0.1) is 5.92 Å². The molecule has 1 atom stereocenters. The number of hydrogen-bond acceptors (Lipinski definition) is 3. The lowest BCUT2D eigenvalue weighted by molar-refractivity contribution is -0.129. The molecular formula is C19H26N2O3. The Morgan fingerprint density at radius 1 is 1.29 bits per heavy atom. The van der Waals surface area contributed by atoms with Crippen LogP contribution in [0.1, 0.15) is 36.0 Å². The van der Waals surface area contributed by atoms with Crippen LogP contribution in [0.4, 0.5) is 0 Å². The van der Waals surface area contributed by atoms with Crippen LogP contribution in [-0.2, 0) is 33.7 Å². The van der Waals surface area contributed by atoms with Gasteiger partial charge in [0.2, 0.25) is 11.8 Å². The van der Waals surface area contributed by atoms with Gasteiger partial charge < -0.3 is 15.0 Å². The number of hydrogen-bond donors (Lipinski definition) is 1. The zero-order valence-electron chi connectivity index (χ0n) is 14.3. The molecule has 1 aliphatic heterocycles. The molecule has 5 nitrogen and oxygen atoms in total. The third kappa shape index (κ3) is 3.96. The fraction of sp³-hybridized carbons (Fsp3) is 0.579. The van der Waals surface area contributed by atoms with Gasteiger partial charge in [-0.2, -0.15) is 0 Å². The second kappa shape index (κ2) is 7.79. The summed E-state index contributed by atoms with van der Waals surface area (Å²) in [6.45, 7) is 2.10. The maximum absolute atomic E-state index is 12.4. The maximum Gasteiger partial charge on any atom is 0.225 e. The Balaban J connectivity index is 1.51. The van der Waals surface area contributed by atoms with Crippen molar-refractivity contribution in [2.45, 2.75) is 38.6 Å². The molecule has 1 aliphatic carbocycles. The molecule has 1 aromatic carbocycles. The zero-order chi connectivity index (χ0) is 16.9. The first kappa shape index (κ1) is 17.0. The predicted molar refractivity (Wildman–Crippen MR) is 91.5 cm³/mol. The SMILES string of the molecule is COCCN1CC(C(=O)NCc2ccc3c(c2)CCCC3)CC1=O. The van der Waals surface area contributed by atoms with Gasteiger partial charge in [-0.05, 0) is 42.4 Å². The van der Waals surface area contributed by atoms with Crippen LogP contribution in [0.3, 0.4) is 0 Å². The lowest BCUT2D eigenvalue weighted by Crippen LogP contribution is -2.33. The summed E-state index contributed by atoms with van der Waals surface area (Å²) in [6, 6.07) is 6.52. The second-order valence-corrected chi connectivity index (χ2v) is 6.76. The normalized spacial score (nSPS) is 20.1. The number of methoxy groups -OCH3 is 1. The molecule has 1 heterocycles. The van der Waals surface area contributed by atoms with Crippen LogP contribution in [0.5, 0.6) is 0 Å². The summed E-state index contributed by atoms with van der Waals surface area (Å²) in [5.74, 6) is -0.228. The molecular weight excluding hydrogens is 304 g/mol. The number of likely N-dealkylation sites (tertiary alicyclic amines) is 1. The molecule has 130 valence electrons. The fourth-order valence-corrected chi connectivity index (χ4v) is 3.60. The summed E-state index contributed by atoms with van der Waals surface area (Å²) >= 11 is 0. The Morgan fingerprint density at radius 3 is 2.88 bits per heavy atom. The average Bonchev–Trinajstić information content (AvgIpc) is 2.98. The smallest absolute Gasteiger partial charge is 0.225 e. The minimum Gasteiger partial charge on any atom is -0.383 e. The zero-order valence-corrected chi connectivity index (χ0v) is 14.3. The third-order valence-corrected chi connectivity index (χ3v) is 5.03. The van der Waals surface area contributed by atoms with Gasteiger partial charge >= 0.3 is 0 Å². The van der Waals surface area contributed by atoms with E-state index in [9.17, 15) is 9.59 Å². The Morgan fingerprint density at radius 2 is 2.08 bits per heavy atom. The van der Waals surface area contributed by atoms with Gasteiger partial charge in [-0.1, -0.05) is 18.2 Å². The van der Waals surface area contributed by atoms with E-state index in [-0.39, 0.29) is 17.7 Å². The summed E-state index contributed by atoms with van der Waals surface area (Å²) in [5, 5.41) is 3.00. The summed E-state index contributed by atoms with van der Waals surface area (Å²) in [6.07, 6.45) is 5.15. The number of nitrogens with one attached hydrogen (secondary N) is 1. The summed E-state index contributed by atoms with van der Waals surface area (Å²) < 4.78 is 5.00. The molecule has 0 bridgehead atoms. The van der Waals surface area contributed by atoms with Gasteiger partial charge in [0.15, 0.2) is 0 Å². The van der Waals surface area contributed by atoms with E-state index in [0.717, 1.165) is 12.0 Å². The topological polar surface area (TPSA) is 58.6 Å². The van der Waals surface area contributed by atoms with Crippen molar-refractivity contribution in [2.24, 2.45) is 5.92 Å². The Bertz CT molecular complexity index is 615. The monoisotopic (exact) mass is 330 g/mol. The summed E-state index contributed by atoms with van der Waals surface area (Å²) in [4.78, 5) is 26.0. The second-order valence-electron chi connectivity index (χ2n) is 6.76. The Hall–Kier alpha value is -1.88. The highest BCUT2D eigenvalue weighted by Crippen LogP contribution is 2.22. The van der Waals surface area contributed by atoms with Gasteiger partial charge in [-0.25, -0.2) is 0 Å². The summed E-state index contributed by atoms with van der Waals surface area (Å²) in [7, 11) is 1.61. The van der Waals surface area contributed by atoms with Crippen molar-refractivity contribution < 1.29 is 14.3 Å². The number of fused-ring (bicyclic) bond motifs is 1. The van der Waals surface area contributed by atoms with Crippen molar-refractivity contribution in [1.82, 2.24) is 10.2 Å². The Kier molecular flexibility index (Phi) is 5.51. The first-order chi connectivity index (χ1) is 11.7. The van der Waals surface area contributed by atoms with E-state index in [1.165, 1.54) is 30.4 Å². The van der Waals surface area contributed by atoms with Gasteiger partial charge in [0.1, 0.15) is 0 Å². The highest BCUT2D eigenvalue weighted by atomic mass is 16.5. The van der Waals surface area contributed by atoms with Crippen molar-refractivity contribution in [2.75, 3.05) is 26.8 Å². The minimum absolute atomic E-state index is 0.0269. The van der Waals surface area contributed by atoms with Crippen LogP contribution >= 0.6 is 0 Å². The van der Waals surface area contributed by atoms with Gasteiger partial charge in [-0.15, -0.1) is 0 Å². The van der Waals surface area contributed by atoms with Crippen LogP contribution < -0.4 is 5.32 Å². The molecule has 0 saturated carbocycles. The van der Waals surface area contributed by atoms with Crippen molar-refractivity contribution >= 4 is 11.8 Å². The van der Waals surface area contributed by atoms with Crippen LogP contribution in [0.25, 0.3) is 0 Å². The van der Waals surface area contributed by atoms with E-state index in [2.05, 4.69) is 23.5 Å². The number of carbonyl (C=O) groups excluding carboxylic acids is 2. The average molecular weight is 330 g/mol.